The Morgan fingerprint density at radius 2 is 2.00 bits per heavy atom. The van der Waals surface area contributed by atoms with E-state index in [-0.39, 0.29) is 29.2 Å². The largest absolute Gasteiger partial charge is 0.493 e. The summed E-state index contributed by atoms with van der Waals surface area (Å²) in [5.74, 6) is -0.950. The molecular formula is C19H14FN7O2. The zero-order chi connectivity index (χ0) is 20.1. The molecule has 0 fully saturated rings. The second-order valence-corrected chi connectivity index (χ2v) is 6.75. The fourth-order valence-electron chi connectivity index (χ4n) is 3.34. The minimum absolute atomic E-state index is 0.147. The summed E-state index contributed by atoms with van der Waals surface area (Å²) in [6.45, 7) is 1.67. The summed E-state index contributed by atoms with van der Waals surface area (Å²) in [7, 11) is 0. The number of amides is 1. The van der Waals surface area contributed by atoms with Gasteiger partial charge in [-0.15, -0.1) is 0 Å². The van der Waals surface area contributed by atoms with Gasteiger partial charge in [0.05, 0.1) is 23.4 Å². The molecular weight excluding hydrogens is 377 g/mol. The van der Waals surface area contributed by atoms with Crippen molar-refractivity contribution in [3.8, 4) is 17.4 Å². The first-order valence-corrected chi connectivity index (χ1v) is 8.85. The number of nitrogens with zero attached hydrogens (tertiary/aromatic N) is 6. The Hall–Kier alpha value is -3.95. The van der Waals surface area contributed by atoms with Gasteiger partial charge in [-0.25, -0.2) is 23.9 Å². The van der Waals surface area contributed by atoms with Gasteiger partial charge in [-0.05, 0) is 24.6 Å². The molecule has 4 heterocycles. The number of aromatic nitrogens is 6. The fraction of sp³-hybridized carbons (Fsp3) is 0.158. The van der Waals surface area contributed by atoms with Gasteiger partial charge in [0.1, 0.15) is 23.7 Å². The third kappa shape index (κ3) is 2.85. The second-order valence-electron chi connectivity index (χ2n) is 6.75. The van der Waals surface area contributed by atoms with Gasteiger partial charge in [0.2, 0.25) is 11.8 Å². The lowest BCUT2D eigenvalue weighted by Gasteiger charge is -2.09. The Morgan fingerprint density at radius 1 is 1.21 bits per heavy atom. The van der Waals surface area contributed by atoms with Crippen LogP contribution in [-0.4, -0.2) is 40.6 Å². The number of rotatable bonds is 3. The number of carbonyl (C=O) groups excluding carboxylic acids is 1. The summed E-state index contributed by atoms with van der Waals surface area (Å²) < 4.78 is 14.7. The fourth-order valence-corrected chi connectivity index (χ4v) is 3.34. The van der Waals surface area contributed by atoms with E-state index < -0.39 is 5.92 Å². The summed E-state index contributed by atoms with van der Waals surface area (Å²) in [6, 6.07) is 6.10. The zero-order valence-corrected chi connectivity index (χ0v) is 15.2. The van der Waals surface area contributed by atoms with Crippen LogP contribution < -0.4 is 5.32 Å². The van der Waals surface area contributed by atoms with Gasteiger partial charge in [0.15, 0.2) is 11.5 Å². The van der Waals surface area contributed by atoms with E-state index in [1.54, 1.807) is 25.3 Å². The Balaban J connectivity index is 1.61. The lowest BCUT2D eigenvalue weighted by Crippen LogP contribution is -2.08. The molecule has 0 saturated carbocycles. The summed E-state index contributed by atoms with van der Waals surface area (Å²) >= 11 is 0. The Bertz CT molecular complexity index is 1270. The molecule has 1 atom stereocenters. The Labute approximate surface area is 163 Å². The SMILES string of the molecule is CC1C(=O)Nc2nc(-c3cn4ncnc4c(Cc4ccc(F)cc4)n3)nc(O)c21. The summed E-state index contributed by atoms with van der Waals surface area (Å²) in [5, 5.41) is 17.1. The minimum atomic E-state index is -0.529. The van der Waals surface area contributed by atoms with Crippen LogP contribution in [0.2, 0.25) is 0 Å². The molecule has 0 aliphatic carbocycles. The van der Waals surface area contributed by atoms with Crippen LogP contribution in [0, 0.1) is 5.82 Å². The predicted octanol–water partition coefficient (Wildman–Crippen LogP) is 2.07. The molecule has 144 valence electrons. The highest BCUT2D eigenvalue weighted by atomic mass is 19.1. The molecule has 0 spiro atoms. The number of benzene rings is 1. The number of nitrogens with one attached hydrogen (secondary N) is 1. The summed E-state index contributed by atoms with van der Waals surface area (Å²) in [4.78, 5) is 29.2. The van der Waals surface area contributed by atoms with E-state index in [0.717, 1.165) is 5.56 Å². The lowest BCUT2D eigenvalue weighted by atomic mass is 10.1. The van der Waals surface area contributed by atoms with Gasteiger partial charge < -0.3 is 10.4 Å². The second kappa shape index (κ2) is 6.30. The number of hydrogen-bond donors (Lipinski definition) is 2. The molecule has 1 aromatic carbocycles. The molecule has 9 nitrogen and oxygen atoms in total. The molecule has 4 aromatic rings. The molecule has 5 rings (SSSR count). The number of anilines is 1. The molecule has 3 aromatic heterocycles. The van der Waals surface area contributed by atoms with Gasteiger partial charge in [0.25, 0.3) is 0 Å². The van der Waals surface area contributed by atoms with Crippen LogP contribution >= 0.6 is 0 Å². The highest BCUT2D eigenvalue weighted by molar-refractivity contribution is 6.02. The maximum absolute atomic E-state index is 13.2. The van der Waals surface area contributed by atoms with Crippen molar-refractivity contribution in [3.63, 3.8) is 0 Å². The topological polar surface area (TPSA) is 118 Å². The van der Waals surface area contributed by atoms with Gasteiger partial charge >= 0.3 is 0 Å². The standard InChI is InChI=1S/C19H14FN7O2/c1-9-14-16(26-18(9)28)24-15(25-19(14)29)13-7-27-17(21-8-22-27)12(23-13)6-10-2-4-11(20)5-3-10/h2-5,7-9H,6H2,1H3,(H2,24,25,26,28,29). The average Bonchev–Trinajstić information content (AvgIpc) is 3.28. The average molecular weight is 391 g/mol. The third-order valence-corrected chi connectivity index (χ3v) is 4.84. The predicted molar refractivity (Wildman–Crippen MR) is 99.7 cm³/mol. The van der Waals surface area contributed by atoms with E-state index in [1.165, 1.54) is 23.0 Å². The van der Waals surface area contributed by atoms with Crippen LogP contribution in [0.3, 0.4) is 0 Å². The number of aromatic hydroxyl groups is 1. The highest BCUT2D eigenvalue weighted by Crippen LogP contribution is 2.37. The molecule has 2 N–H and O–H groups in total. The van der Waals surface area contributed by atoms with Crippen molar-refractivity contribution in [2.45, 2.75) is 19.3 Å². The van der Waals surface area contributed by atoms with Crippen LogP contribution in [0.4, 0.5) is 10.2 Å². The van der Waals surface area contributed by atoms with Gasteiger partial charge in [-0.2, -0.15) is 10.1 Å². The van der Waals surface area contributed by atoms with Crippen LogP contribution in [0.15, 0.2) is 36.8 Å². The smallest absolute Gasteiger partial charge is 0.233 e. The molecule has 1 unspecified atom stereocenters. The number of halogens is 1. The van der Waals surface area contributed by atoms with Gasteiger partial charge in [-0.1, -0.05) is 12.1 Å². The van der Waals surface area contributed by atoms with Crippen LogP contribution in [-0.2, 0) is 11.2 Å². The van der Waals surface area contributed by atoms with Crippen molar-refractivity contribution in [1.29, 1.82) is 0 Å². The molecule has 1 aliphatic heterocycles. The lowest BCUT2D eigenvalue weighted by molar-refractivity contribution is -0.116. The third-order valence-electron chi connectivity index (χ3n) is 4.84. The van der Waals surface area contributed by atoms with E-state index in [2.05, 4.69) is 30.4 Å². The first kappa shape index (κ1) is 17.2. The molecule has 10 heteroatoms. The van der Waals surface area contributed by atoms with E-state index in [4.69, 9.17) is 0 Å². The van der Waals surface area contributed by atoms with Crippen molar-refractivity contribution in [3.05, 3.63) is 59.4 Å². The van der Waals surface area contributed by atoms with Gasteiger partial charge in [-0.3, -0.25) is 4.79 Å². The van der Waals surface area contributed by atoms with Crippen LogP contribution in [0.5, 0.6) is 5.88 Å². The molecule has 0 radical (unpaired) electrons. The normalized spacial score (nSPS) is 15.5. The first-order valence-electron chi connectivity index (χ1n) is 8.85. The van der Waals surface area contributed by atoms with Crippen LogP contribution in [0.25, 0.3) is 17.2 Å². The summed E-state index contributed by atoms with van der Waals surface area (Å²) in [5.41, 5.74) is 2.71. The van der Waals surface area contributed by atoms with Crippen molar-refractivity contribution in [1.82, 2.24) is 29.5 Å². The van der Waals surface area contributed by atoms with Gasteiger partial charge in [0, 0.05) is 6.42 Å². The van der Waals surface area contributed by atoms with E-state index in [1.807, 2.05) is 0 Å². The van der Waals surface area contributed by atoms with Crippen molar-refractivity contribution < 1.29 is 14.3 Å². The number of fused-ring (bicyclic) bond motifs is 2. The monoisotopic (exact) mass is 391 g/mol. The zero-order valence-electron chi connectivity index (χ0n) is 15.2. The quantitative estimate of drug-likeness (QED) is 0.549. The van der Waals surface area contributed by atoms with E-state index in [0.29, 0.717) is 29.0 Å². The summed E-state index contributed by atoms with van der Waals surface area (Å²) in [6.07, 6.45) is 3.39. The maximum atomic E-state index is 13.2. The molecule has 0 saturated heterocycles. The maximum Gasteiger partial charge on any atom is 0.233 e. The minimum Gasteiger partial charge on any atom is -0.493 e. The Kier molecular flexibility index (Phi) is 3.73. The van der Waals surface area contributed by atoms with E-state index in [9.17, 15) is 14.3 Å². The molecule has 0 bridgehead atoms. The van der Waals surface area contributed by atoms with Crippen molar-refractivity contribution >= 4 is 17.4 Å². The highest BCUT2D eigenvalue weighted by Gasteiger charge is 2.32. The molecule has 1 aliphatic rings. The first-order chi connectivity index (χ1) is 14.0. The van der Waals surface area contributed by atoms with Crippen molar-refractivity contribution in [2.24, 2.45) is 0 Å². The molecule has 29 heavy (non-hydrogen) atoms. The molecule has 1 amide bonds. The Morgan fingerprint density at radius 3 is 2.79 bits per heavy atom. The number of carbonyl (C=O) groups is 1. The van der Waals surface area contributed by atoms with Crippen molar-refractivity contribution in [2.75, 3.05) is 5.32 Å². The van der Waals surface area contributed by atoms with E-state index >= 15 is 0 Å². The number of hydrogen-bond acceptors (Lipinski definition) is 7. The van der Waals surface area contributed by atoms with Crippen LogP contribution in [0.1, 0.15) is 29.7 Å².